The molecule has 6 heteroatoms. The molecule has 0 saturated carbocycles. The Balaban J connectivity index is 2.90. The molecule has 0 aromatic heterocycles. The third-order valence-corrected chi connectivity index (χ3v) is 3.40. The number of halogens is 1. The molecule has 0 bridgehead atoms. The maximum atomic E-state index is 11.1. The average Bonchev–Trinajstić information content (AvgIpc) is 2.43. The smallest absolute Gasteiger partial charge is 0.305 e. The molecular weight excluding hydrogens is 316 g/mol. The normalized spacial score (nSPS) is 11.8. The first-order chi connectivity index (χ1) is 9.03. The van der Waals surface area contributed by atoms with Crippen LogP contribution in [0, 0.1) is 0 Å². The van der Waals surface area contributed by atoms with E-state index in [9.17, 15) is 9.90 Å². The number of rotatable bonds is 6. The molecule has 5 nitrogen and oxygen atoms in total. The average molecular weight is 333 g/mol. The summed E-state index contributed by atoms with van der Waals surface area (Å²) in [6.45, 7) is 0. The van der Waals surface area contributed by atoms with E-state index < -0.39 is 6.10 Å². The van der Waals surface area contributed by atoms with Crippen LogP contribution < -0.4 is 9.47 Å². The molecule has 1 unspecified atom stereocenters. The van der Waals surface area contributed by atoms with Gasteiger partial charge in [0, 0.05) is 10.9 Å². The van der Waals surface area contributed by atoms with Crippen LogP contribution in [0.4, 0.5) is 0 Å². The van der Waals surface area contributed by atoms with Gasteiger partial charge in [-0.1, -0.05) is 15.9 Å². The van der Waals surface area contributed by atoms with Crippen LogP contribution in [0.2, 0.25) is 0 Å². The largest absolute Gasteiger partial charge is 0.493 e. The molecule has 0 fully saturated rings. The second kappa shape index (κ2) is 7.35. The number of aliphatic hydroxyl groups excluding tert-OH is 1. The quantitative estimate of drug-likeness (QED) is 0.810. The molecule has 0 heterocycles. The molecule has 1 N–H and O–H groups in total. The minimum Gasteiger partial charge on any atom is -0.493 e. The fraction of sp³-hybridized carbons (Fsp3) is 0.462. The highest BCUT2D eigenvalue weighted by Gasteiger charge is 2.17. The third-order valence-electron chi connectivity index (χ3n) is 2.71. The van der Waals surface area contributed by atoms with Gasteiger partial charge in [-0.3, -0.25) is 4.79 Å². The van der Waals surface area contributed by atoms with Gasteiger partial charge in [0.15, 0.2) is 11.5 Å². The molecule has 1 aromatic rings. The summed E-state index contributed by atoms with van der Waals surface area (Å²) in [6, 6.07) is 3.40. The minimum atomic E-state index is -0.784. The van der Waals surface area contributed by atoms with Crippen LogP contribution in [0.25, 0.3) is 0 Å². The Labute approximate surface area is 120 Å². The van der Waals surface area contributed by atoms with Gasteiger partial charge in [0.1, 0.15) is 0 Å². The predicted molar refractivity (Wildman–Crippen MR) is 73.5 cm³/mol. The first-order valence-electron chi connectivity index (χ1n) is 5.69. The van der Waals surface area contributed by atoms with Gasteiger partial charge in [-0.25, -0.2) is 0 Å². The first-order valence-corrected chi connectivity index (χ1v) is 6.49. The van der Waals surface area contributed by atoms with E-state index in [2.05, 4.69) is 20.7 Å². The summed E-state index contributed by atoms with van der Waals surface area (Å²) in [7, 11) is 4.38. The number of hydrogen-bond donors (Lipinski definition) is 1. The lowest BCUT2D eigenvalue weighted by Gasteiger charge is -2.16. The number of aliphatic hydroxyl groups is 1. The monoisotopic (exact) mass is 332 g/mol. The second-order valence-corrected chi connectivity index (χ2v) is 4.71. The number of esters is 1. The Kier molecular flexibility index (Phi) is 6.11. The van der Waals surface area contributed by atoms with Crippen molar-refractivity contribution in [1.82, 2.24) is 0 Å². The molecule has 106 valence electrons. The van der Waals surface area contributed by atoms with Gasteiger partial charge in [0.2, 0.25) is 0 Å². The van der Waals surface area contributed by atoms with Crippen molar-refractivity contribution in [2.75, 3.05) is 21.3 Å². The first kappa shape index (κ1) is 15.8. The van der Waals surface area contributed by atoms with Crippen LogP contribution in [0.3, 0.4) is 0 Å². The second-order valence-electron chi connectivity index (χ2n) is 3.86. The van der Waals surface area contributed by atoms with Gasteiger partial charge in [0.05, 0.1) is 27.4 Å². The molecule has 0 aliphatic rings. The zero-order valence-corrected chi connectivity index (χ0v) is 12.7. The highest BCUT2D eigenvalue weighted by Crippen LogP contribution is 2.37. The molecule has 1 aromatic carbocycles. The van der Waals surface area contributed by atoms with Crippen molar-refractivity contribution in [2.24, 2.45) is 0 Å². The Hall–Kier alpha value is -1.27. The van der Waals surface area contributed by atoms with E-state index in [1.807, 2.05) is 0 Å². The predicted octanol–water partition coefficient (Wildman–Crippen LogP) is 2.45. The Bertz CT molecular complexity index is 447. The van der Waals surface area contributed by atoms with Crippen LogP contribution in [-0.4, -0.2) is 32.4 Å². The number of carbonyl (C=O) groups is 1. The van der Waals surface area contributed by atoms with Gasteiger partial charge in [-0.2, -0.15) is 0 Å². The molecular formula is C13H17BrO5. The lowest BCUT2D eigenvalue weighted by molar-refractivity contribution is -0.141. The molecule has 19 heavy (non-hydrogen) atoms. The Morgan fingerprint density at radius 3 is 2.37 bits per heavy atom. The van der Waals surface area contributed by atoms with Crippen molar-refractivity contribution in [2.45, 2.75) is 18.9 Å². The maximum absolute atomic E-state index is 11.1. The SMILES string of the molecule is COC(=O)CCC(O)c1cc(OC)c(OC)cc1Br. The van der Waals surface area contributed by atoms with Gasteiger partial charge in [0.25, 0.3) is 0 Å². The van der Waals surface area contributed by atoms with Gasteiger partial charge >= 0.3 is 5.97 Å². The fourth-order valence-electron chi connectivity index (χ4n) is 1.64. The summed E-state index contributed by atoms with van der Waals surface area (Å²) in [5.74, 6) is 0.742. The van der Waals surface area contributed by atoms with Gasteiger partial charge in [-0.05, 0) is 24.1 Å². The van der Waals surface area contributed by atoms with Crippen LogP contribution in [-0.2, 0) is 9.53 Å². The number of methoxy groups -OCH3 is 3. The van der Waals surface area contributed by atoms with Crippen LogP contribution in [0.15, 0.2) is 16.6 Å². The van der Waals surface area contributed by atoms with E-state index in [0.717, 1.165) is 0 Å². The molecule has 0 radical (unpaired) electrons. The highest BCUT2D eigenvalue weighted by molar-refractivity contribution is 9.10. The number of carbonyl (C=O) groups excluding carboxylic acids is 1. The summed E-state index contributed by atoms with van der Waals surface area (Å²) in [6.07, 6.45) is -0.354. The van der Waals surface area contributed by atoms with Crippen molar-refractivity contribution in [1.29, 1.82) is 0 Å². The number of hydrogen-bond acceptors (Lipinski definition) is 5. The van der Waals surface area contributed by atoms with E-state index >= 15 is 0 Å². The van der Waals surface area contributed by atoms with Crippen molar-refractivity contribution in [3.05, 3.63) is 22.2 Å². The Morgan fingerprint density at radius 2 is 1.84 bits per heavy atom. The summed E-state index contributed by atoms with van der Waals surface area (Å²) >= 11 is 3.36. The lowest BCUT2D eigenvalue weighted by atomic mass is 10.0. The van der Waals surface area contributed by atoms with Gasteiger partial charge < -0.3 is 19.3 Å². The summed E-state index contributed by atoms with van der Waals surface area (Å²) in [5.41, 5.74) is 0.640. The molecule has 0 amide bonds. The van der Waals surface area contributed by atoms with Gasteiger partial charge in [-0.15, -0.1) is 0 Å². The van der Waals surface area contributed by atoms with E-state index in [0.29, 0.717) is 21.5 Å². The molecule has 0 spiro atoms. The zero-order chi connectivity index (χ0) is 14.4. The highest BCUT2D eigenvalue weighted by atomic mass is 79.9. The summed E-state index contributed by atoms with van der Waals surface area (Å²) < 4.78 is 15.6. The number of benzene rings is 1. The third kappa shape index (κ3) is 4.11. The topological polar surface area (TPSA) is 65.0 Å². The van der Waals surface area contributed by atoms with Crippen molar-refractivity contribution in [3.8, 4) is 11.5 Å². The van der Waals surface area contributed by atoms with E-state index in [1.165, 1.54) is 21.3 Å². The zero-order valence-electron chi connectivity index (χ0n) is 11.1. The Morgan fingerprint density at radius 1 is 1.26 bits per heavy atom. The van der Waals surface area contributed by atoms with Crippen LogP contribution in [0.1, 0.15) is 24.5 Å². The molecule has 1 atom stereocenters. The van der Waals surface area contributed by atoms with Crippen molar-refractivity contribution >= 4 is 21.9 Å². The van der Waals surface area contributed by atoms with E-state index in [1.54, 1.807) is 12.1 Å². The van der Waals surface area contributed by atoms with Crippen molar-refractivity contribution < 1.29 is 24.1 Å². The van der Waals surface area contributed by atoms with Crippen LogP contribution >= 0.6 is 15.9 Å². The van der Waals surface area contributed by atoms with E-state index in [-0.39, 0.29) is 18.8 Å². The fourth-order valence-corrected chi connectivity index (χ4v) is 2.22. The summed E-state index contributed by atoms with van der Waals surface area (Å²) in [4.78, 5) is 11.1. The maximum Gasteiger partial charge on any atom is 0.305 e. The number of ether oxygens (including phenoxy) is 3. The van der Waals surface area contributed by atoms with Crippen molar-refractivity contribution in [3.63, 3.8) is 0 Å². The lowest BCUT2D eigenvalue weighted by Crippen LogP contribution is -2.06. The van der Waals surface area contributed by atoms with E-state index in [4.69, 9.17) is 9.47 Å². The molecule has 0 aliphatic heterocycles. The molecule has 0 saturated heterocycles. The molecule has 1 rings (SSSR count). The standard InChI is InChI=1S/C13H17BrO5/c1-17-11-6-8(9(14)7-12(11)18-2)10(15)4-5-13(16)19-3/h6-7,10,15H,4-5H2,1-3H3. The molecule has 0 aliphatic carbocycles. The minimum absolute atomic E-state index is 0.151. The summed E-state index contributed by atoms with van der Waals surface area (Å²) in [5, 5.41) is 10.1. The van der Waals surface area contributed by atoms with Crippen LogP contribution in [0.5, 0.6) is 11.5 Å².